The lowest BCUT2D eigenvalue weighted by Crippen LogP contribution is -2.47. The van der Waals surface area contributed by atoms with Gasteiger partial charge in [0.15, 0.2) is 0 Å². The van der Waals surface area contributed by atoms with Gasteiger partial charge in [0.1, 0.15) is 17.2 Å². The molecule has 0 aromatic heterocycles. The third-order valence-corrected chi connectivity index (χ3v) is 9.13. The van der Waals surface area contributed by atoms with Gasteiger partial charge in [-0.3, -0.25) is 4.79 Å². The van der Waals surface area contributed by atoms with Crippen LogP contribution in [-0.4, -0.2) is 37.3 Å². The summed E-state index contributed by atoms with van der Waals surface area (Å²) in [7, 11) is -3.53. The van der Waals surface area contributed by atoms with Crippen molar-refractivity contribution in [1.82, 2.24) is 9.62 Å². The Kier molecular flexibility index (Phi) is 7.28. The van der Waals surface area contributed by atoms with Crippen molar-refractivity contribution in [1.29, 1.82) is 0 Å². The molecule has 0 bridgehead atoms. The van der Waals surface area contributed by atoms with Crippen molar-refractivity contribution in [3.8, 4) is 5.75 Å². The molecular weight excluding hydrogens is 455 g/mol. The van der Waals surface area contributed by atoms with Gasteiger partial charge in [0.2, 0.25) is 15.9 Å². The molecule has 0 aliphatic carbocycles. The van der Waals surface area contributed by atoms with Gasteiger partial charge in [0.25, 0.3) is 0 Å². The Balaban J connectivity index is 1.38. The van der Waals surface area contributed by atoms with Crippen LogP contribution in [0.1, 0.15) is 63.1 Å². The summed E-state index contributed by atoms with van der Waals surface area (Å²) in [6.45, 7) is 4.83. The second-order valence-electron chi connectivity index (χ2n) is 9.35. The van der Waals surface area contributed by atoms with Crippen LogP contribution < -0.4 is 10.1 Å². The van der Waals surface area contributed by atoms with E-state index in [0.717, 1.165) is 24.2 Å². The number of fused-ring (bicyclic) bond motifs is 1. The van der Waals surface area contributed by atoms with E-state index in [1.54, 1.807) is 0 Å². The van der Waals surface area contributed by atoms with Crippen LogP contribution >= 0.6 is 0 Å². The Bertz CT molecular complexity index is 1110. The first-order chi connectivity index (χ1) is 16.2. The highest BCUT2D eigenvalue weighted by Gasteiger charge is 2.40. The van der Waals surface area contributed by atoms with E-state index in [-0.39, 0.29) is 29.2 Å². The molecule has 2 heterocycles. The number of benzene rings is 2. The van der Waals surface area contributed by atoms with Crippen LogP contribution in [0.4, 0.5) is 4.39 Å². The van der Waals surface area contributed by atoms with E-state index in [9.17, 15) is 17.6 Å². The van der Waals surface area contributed by atoms with Gasteiger partial charge < -0.3 is 10.1 Å². The molecule has 2 aromatic carbocycles. The highest BCUT2D eigenvalue weighted by atomic mass is 32.2. The Morgan fingerprint density at radius 1 is 1.09 bits per heavy atom. The number of sulfonamides is 1. The number of hydrogen-bond donors (Lipinski definition) is 1. The molecule has 1 amide bonds. The molecule has 184 valence electrons. The first-order valence-electron chi connectivity index (χ1n) is 12.1. The van der Waals surface area contributed by atoms with E-state index in [4.69, 9.17) is 4.74 Å². The van der Waals surface area contributed by atoms with Crippen molar-refractivity contribution in [2.75, 3.05) is 13.1 Å². The SMILES string of the molecule is CCC1(CC)CC(NC(=O)C2CCN(S(=O)(=O)Cc3ccc(F)cc3)CC2)c2ccccc2O1. The highest BCUT2D eigenvalue weighted by Crippen LogP contribution is 2.42. The number of piperidine rings is 1. The minimum atomic E-state index is -3.53. The third kappa shape index (κ3) is 5.28. The molecule has 2 aliphatic heterocycles. The van der Waals surface area contributed by atoms with E-state index in [1.807, 2.05) is 24.3 Å². The zero-order valence-corrected chi connectivity index (χ0v) is 20.6. The second-order valence-corrected chi connectivity index (χ2v) is 11.3. The molecule has 8 heteroatoms. The molecule has 2 aromatic rings. The zero-order chi connectivity index (χ0) is 24.3. The highest BCUT2D eigenvalue weighted by molar-refractivity contribution is 7.88. The first kappa shape index (κ1) is 24.7. The monoisotopic (exact) mass is 488 g/mol. The zero-order valence-electron chi connectivity index (χ0n) is 19.8. The fourth-order valence-electron chi connectivity index (χ4n) is 5.00. The minimum Gasteiger partial charge on any atom is -0.487 e. The van der Waals surface area contributed by atoms with Gasteiger partial charge in [-0.2, -0.15) is 0 Å². The van der Waals surface area contributed by atoms with Gasteiger partial charge >= 0.3 is 0 Å². The molecule has 1 atom stereocenters. The van der Waals surface area contributed by atoms with Crippen LogP contribution in [-0.2, 0) is 20.6 Å². The number of nitrogens with one attached hydrogen (secondary N) is 1. The summed E-state index contributed by atoms with van der Waals surface area (Å²) < 4.78 is 46.6. The predicted octanol–water partition coefficient (Wildman–Crippen LogP) is 4.57. The molecule has 1 fully saturated rings. The lowest BCUT2D eigenvalue weighted by atomic mass is 9.83. The summed E-state index contributed by atoms with van der Waals surface area (Å²) in [5.74, 6) is 0.00192. The Hall–Kier alpha value is -2.45. The summed E-state index contributed by atoms with van der Waals surface area (Å²) in [4.78, 5) is 13.2. The first-order valence-corrected chi connectivity index (χ1v) is 13.7. The van der Waals surface area contributed by atoms with E-state index in [0.29, 0.717) is 37.9 Å². The van der Waals surface area contributed by atoms with Crippen molar-refractivity contribution in [2.45, 2.75) is 63.3 Å². The molecule has 34 heavy (non-hydrogen) atoms. The average molecular weight is 489 g/mol. The van der Waals surface area contributed by atoms with Crippen LogP contribution in [0.3, 0.4) is 0 Å². The fraction of sp³-hybridized carbons (Fsp3) is 0.500. The number of hydrogen-bond acceptors (Lipinski definition) is 4. The largest absolute Gasteiger partial charge is 0.487 e. The average Bonchev–Trinajstić information content (AvgIpc) is 2.85. The molecular formula is C26H33FN2O4S. The topological polar surface area (TPSA) is 75.7 Å². The van der Waals surface area contributed by atoms with E-state index >= 15 is 0 Å². The lowest BCUT2D eigenvalue weighted by Gasteiger charge is -2.42. The second kappa shape index (κ2) is 10.0. The molecule has 0 radical (unpaired) electrons. The summed E-state index contributed by atoms with van der Waals surface area (Å²) in [6, 6.07) is 13.2. The van der Waals surface area contributed by atoms with Crippen LogP contribution in [0.5, 0.6) is 5.75 Å². The smallest absolute Gasteiger partial charge is 0.223 e. The maximum atomic E-state index is 13.2. The molecule has 0 saturated carbocycles. The Morgan fingerprint density at radius 3 is 2.38 bits per heavy atom. The molecule has 4 rings (SSSR count). The maximum absolute atomic E-state index is 13.2. The Labute approximate surface area is 201 Å². The minimum absolute atomic E-state index is 0.0293. The number of carbonyl (C=O) groups excluding carboxylic acids is 1. The van der Waals surface area contributed by atoms with Gasteiger partial charge in [-0.1, -0.05) is 44.2 Å². The van der Waals surface area contributed by atoms with Gasteiger partial charge in [0, 0.05) is 31.0 Å². The van der Waals surface area contributed by atoms with Crippen LogP contribution in [0.2, 0.25) is 0 Å². The number of nitrogens with zero attached hydrogens (tertiary/aromatic N) is 1. The van der Waals surface area contributed by atoms with Gasteiger partial charge in [0.05, 0.1) is 11.8 Å². The summed E-state index contributed by atoms with van der Waals surface area (Å²) in [5, 5.41) is 3.24. The fourth-order valence-corrected chi connectivity index (χ4v) is 6.56. The molecule has 0 spiro atoms. The van der Waals surface area contributed by atoms with Crippen LogP contribution in [0.15, 0.2) is 48.5 Å². The summed E-state index contributed by atoms with van der Waals surface area (Å²) in [6.07, 6.45) is 3.38. The van der Waals surface area contributed by atoms with Gasteiger partial charge in [-0.05, 0) is 49.4 Å². The Morgan fingerprint density at radius 2 is 1.74 bits per heavy atom. The maximum Gasteiger partial charge on any atom is 0.223 e. The van der Waals surface area contributed by atoms with Crippen molar-refractivity contribution < 1.29 is 22.3 Å². The van der Waals surface area contributed by atoms with E-state index < -0.39 is 15.8 Å². The molecule has 1 saturated heterocycles. The molecule has 1 unspecified atom stereocenters. The van der Waals surface area contributed by atoms with Crippen molar-refractivity contribution >= 4 is 15.9 Å². The summed E-state index contributed by atoms with van der Waals surface area (Å²) in [5.41, 5.74) is 1.24. The number of rotatable bonds is 7. The quantitative estimate of drug-likeness (QED) is 0.620. The molecule has 1 N–H and O–H groups in total. The predicted molar refractivity (Wildman–Crippen MR) is 129 cm³/mol. The molecule has 6 nitrogen and oxygen atoms in total. The van der Waals surface area contributed by atoms with Crippen molar-refractivity contribution in [3.63, 3.8) is 0 Å². The number of para-hydroxylation sites is 1. The molecule has 2 aliphatic rings. The normalized spacial score (nSPS) is 20.9. The van der Waals surface area contributed by atoms with E-state index in [2.05, 4.69) is 19.2 Å². The third-order valence-electron chi connectivity index (χ3n) is 7.28. The number of amides is 1. The number of halogens is 1. The van der Waals surface area contributed by atoms with E-state index in [1.165, 1.54) is 28.6 Å². The van der Waals surface area contributed by atoms with Crippen molar-refractivity contribution in [3.05, 3.63) is 65.5 Å². The van der Waals surface area contributed by atoms with Crippen LogP contribution in [0.25, 0.3) is 0 Å². The van der Waals surface area contributed by atoms with Crippen LogP contribution in [0, 0.1) is 11.7 Å². The number of ether oxygens (including phenoxy) is 1. The standard InChI is InChI=1S/C26H33FN2O4S/c1-3-26(4-2)17-23(22-7-5-6-8-24(22)33-26)28-25(30)20-13-15-29(16-14-20)34(31,32)18-19-9-11-21(27)12-10-19/h5-12,20,23H,3-4,13-18H2,1-2H3,(H,28,30). The summed E-state index contributed by atoms with van der Waals surface area (Å²) >= 11 is 0. The lowest BCUT2D eigenvalue weighted by molar-refractivity contribution is -0.127. The van der Waals surface area contributed by atoms with Gasteiger partial charge in [-0.15, -0.1) is 0 Å². The van der Waals surface area contributed by atoms with Gasteiger partial charge in [-0.25, -0.2) is 17.1 Å². The number of carbonyl (C=O) groups is 1. The van der Waals surface area contributed by atoms with Crippen molar-refractivity contribution in [2.24, 2.45) is 5.92 Å².